The molecule has 0 bridgehead atoms. The van der Waals surface area contributed by atoms with Gasteiger partial charge < -0.3 is 9.64 Å². The first-order chi connectivity index (χ1) is 15.0. The van der Waals surface area contributed by atoms with Crippen LogP contribution in [0.2, 0.25) is 0 Å². The molecule has 3 aromatic carbocycles. The van der Waals surface area contributed by atoms with Crippen LogP contribution in [0, 0.1) is 0 Å². The smallest absolute Gasteiger partial charge is 0.338 e. The van der Waals surface area contributed by atoms with Crippen molar-refractivity contribution in [3.63, 3.8) is 0 Å². The Morgan fingerprint density at radius 1 is 0.742 bits per heavy atom. The first-order valence-electron chi connectivity index (χ1n) is 10.2. The molecule has 0 spiro atoms. The second-order valence-electron chi connectivity index (χ2n) is 7.45. The fourth-order valence-corrected chi connectivity index (χ4v) is 3.15. The van der Waals surface area contributed by atoms with Gasteiger partial charge in [0.15, 0.2) is 12.4 Å². The Bertz CT molecular complexity index is 1030. The van der Waals surface area contributed by atoms with Gasteiger partial charge in [0.05, 0.1) is 5.56 Å². The molecule has 0 N–H and O–H groups in total. The fraction of sp³-hybridized carbons (Fsp3) is 0.192. The Morgan fingerprint density at radius 2 is 1.26 bits per heavy atom. The Hall–Kier alpha value is -3.73. The van der Waals surface area contributed by atoms with Crippen molar-refractivity contribution in [1.29, 1.82) is 0 Å². The third-order valence-corrected chi connectivity index (χ3v) is 4.88. The Kier molecular flexibility index (Phi) is 7.33. The summed E-state index contributed by atoms with van der Waals surface area (Å²) in [6, 6.07) is 24.8. The van der Waals surface area contributed by atoms with Gasteiger partial charge in [-0.2, -0.15) is 0 Å². The minimum atomic E-state index is -0.601. The van der Waals surface area contributed by atoms with E-state index in [0.717, 1.165) is 5.56 Å². The lowest BCUT2D eigenvalue weighted by Gasteiger charge is -2.26. The van der Waals surface area contributed by atoms with E-state index in [2.05, 4.69) is 0 Å². The molecular weight excluding hydrogens is 390 g/mol. The lowest BCUT2D eigenvalue weighted by Crippen LogP contribution is -2.39. The summed E-state index contributed by atoms with van der Waals surface area (Å²) in [4.78, 5) is 39.1. The normalized spacial score (nSPS) is 10.5. The largest absolute Gasteiger partial charge is 0.452 e. The summed E-state index contributed by atoms with van der Waals surface area (Å²) in [5.74, 6) is -0.984. The number of carbonyl (C=O) groups excluding carboxylic acids is 3. The molecule has 31 heavy (non-hydrogen) atoms. The zero-order valence-corrected chi connectivity index (χ0v) is 17.7. The molecule has 5 heteroatoms. The molecule has 0 heterocycles. The number of ether oxygens (including phenoxy) is 1. The summed E-state index contributed by atoms with van der Waals surface area (Å²) in [7, 11) is 0. The molecule has 0 saturated carbocycles. The molecule has 0 aromatic heterocycles. The average Bonchev–Trinajstić information content (AvgIpc) is 2.81. The molecule has 5 nitrogen and oxygen atoms in total. The highest BCUT2D eigenvalue weighted by Gasteiger charge is 2.20. The number of benzene rings is 3. The van der Waals surface area contributed by atoms with Crippen LogP contribution in [0.3, 0.4) is 0 Å². The highest BCUT2D eigenvalue weighted by molar-refractivity contribution is 6.09. The Balaban J connectivity index is 1.59. The SMILES string of the molecule is CC(C)N(Cc1ccccc1)C(=O)COC(=O)c1ccc(C(=O)c2ccccc2)cc1. The van der Waals surface area contributed by atoms with Crippen LogP contribution >= 0.6 is 0 Å². The topological polar surface area (TPSA) is 63.7 Å². The van der Waals surface area contributed by atoms with E-state index in [1.54, 1.807) is 41.3 Å². The first-order valence-corrected chi connectivity index (χ1v) is 10.2. The van der Waals surface area contributed by atoms with Crippen LogP contribution in [0.15, 0.2) is 84.9 Å². The van der Waals surface area contributed by atoms with Gasteiger partial charge in [0.25, 0.3) is 5.91 Å². The number of nitrogens with zero attached hydrogens (tertiary/aromatic N) is 1. The van der Waals surface area contributed by atoms with E-state index in [0.29, 0.717) is 17.7 Å². The summed E-state index contributed by atoms with van der Waals surface area (Å²) in [5.41, 5.74) is 2.36. The van der Waals surface area contributed by atoms with Gasteiger partial charge in [0.1, 0.15) is 0 Å². The summed E-state index contributed by atoms with van der Waals surface area (Å²) < 4.78 is 5.23. The van der Waals surface area contributed by atoms with Gasteiger partial charge in [-0.05, 0) is 31.5 Å². The molecule has 0 fully saturated rings. The highest BCUT2D eigenvalue weighted by Crippen LogP contribution is 2.13. The lowest BCUT2D eigenvalue weighted by atomic mass is 10.0. The van der Waals surface area contributed by atoms with Crippen molar-refractivity contribution in [3.8, 4) is 0 Å². The molecule has 0 aliphatic heterocycles. The summed E-state index contributed by atoms with van der Waals surface area (Å²) in [6.07, 6.45) is 0. The number of hydrogen-bond acceptors (Lipinski definition) is 4. The van der Waals surface area contributed by atoms with Crippen LogP contribution < -0.4 is 0 Å². The third kappa shape index (κ3) is 5.89. The Labute approximate surface area is 182 Å². The third-order valence-electron chi connectivity index (χ3n) is 4.88. The summed E-state index contributed by atoms with van der Waals surface area (Å²) in [5, 5.41) is 0. The van der Waals surface area contributed by atoms with Crippen LogP contribution in [0.5, 0.6) is 0 Å². The number of rotatable bonds is 8. The van der Waals surface area contributed by atoms with Crippen molar-refractivity contribution in [2.75, 3.05) is 6.61 Å². The van der Waals surface area contributed by atoms with Gasteiger partial charge in [0.2, 0.25) is 0 Å². The van der Waals surface area contributed by atoms with E-state index >= 15 is 0 Å². The lowest BCUT2D eigenvalue weighted by molar-refractivity contribution is -0.136. The minimum Gasteiger partial charge on any atom is -0.452 e. The van der Waals surface area contributed by atoms with Gasteiger partial charge in [0, 0.05) is 23.7 Å². The van der Waals surface area contributed by atoms with Crippen LogP contribution in [0.25, 0.3) is 0 Å². The molecule has 0 aliphatic carbocycles. The second-order valence-corrected chi connectivity index (χ2v) is 7.45. The van der Waals surface area contributed by atoms with Crippen LogP contribution in [-0.2, 0) is 16.1 Å². The summed E-state index contributed by atoms with van der Waals surface area (Å²) >= 11 is 0. The number of carbonyl (C=O) groups is 3. The predicted molar refractivity (Wildman–Crippen MR) is 119 cm³/mol. The van der Waals surface area contributed by atoms with Gasteiger partial charge in [-0.25, -0.2) is 4.79 Å². The molecule has 0 unspecified atom stereocenters. The van der Waals surface area contributed by atoms with E-state index in [1.165, 1.54) is 12.1 Å². The van der Waals surface area contributed by atoms with Crippen LogP contribution in [0.1, 0.15) is 45.7 Å². The predicted octanol–water partition coefficient (Wildman–Crippen LogP) is 4.51. The van der Waals surface area contributed by atoms with Crippen molar-refractivity contribution in [2.24, 2.45) is 0 Å². The van der Waals surface area contributed by atoms with Gasteiger partial charge in [-0.15, -0.1) is 0 Å². The monoisotopic (exact) mass is 415 g/mol. The first kappa shape index (κ1) is 22.0. The van der Waals surface area contributed by atoms with Crippen molar-refractivity contribution in [2.45, 2.75) is 26.4 Å². The van der Waals surface area contributed by atoms with Crippen LogP contribution in [-0.4, -0.2) is 35.2 Å². The van der Waals surface area contributed by atoms with E-state index in [-0.39, 0.29) is 29.9 Å². The van der Waals surface area contributed by atoms with Gasteiger partial charge >= 0.3 is 5.97 Å². The molecule has 0 atom stereocenters. The van der Waals surface area contributed by atoms with Crippen molar-refractivity contribution < 1.29 is 19.1 Å². The molecule has 158 valence electrons. The highest BCUT2D eigenvalue weighted by atomic mass is 16.5. The van der Waals surface area contributed by atoms with E-state index < -0.39 is 5.97 Å². The van der Waals surface area contributed by atoms with Gasteiger partial charge in [-0.1, -0.05) is 72.8 Å². The van der Waals surface area contributed by atoms with Crippen molar-refractivity contribution in [1.82, 2.24) is 4.90 Å². The molecule has 1 amide bonds. The quantitative estimate of drug-likeness (QED) is 0.401. The molecule has 0 radical (unpaired) electrons. The van der Waals surface area contributed by atoms with Crippen LogP contribution in [0.4, 0.5) is 0 Å². The number of ketones is 1. The standard InChI is InChI=1S/C26H25NO4/c1-19(2)27(17-20-9-5-3-6-10-20)24(28)18-31-26(30)23-15-13-22(14-16-23)25(29)21-11-7-4-8-12-21/h3-16,19H,17-18H2,1-2H3. The number of amides is 1. The second kappa shape index (κ2) is 10.3. The maximum absolute atomic E-state index is 12.6. The maximum atomic E-state index is 12.6. The van der Waals surface area contributed by atoms with Crippen molar-refractivity contribution in [3.05, 3.63) is 107 Å². The van der Waals surface area contributed by atoms with E-state index in [9.17, 15) is 14.4 Å². The Morgan fingerprint density at radius 3 is 1.84 bits per heavy atom. The average molecular weight is 415 g/mol. The molecular formula is C26H25NO4. The zero-order valence-electron chi connectivity index (χ0n) is 17.7. The molecule has 3 rings (SSSR count). The maximum Gasteiger partial charge on any atom is 0.338 e. The molecule has 3 aromatic rings. The molecule has 0 saturated heterocycles. The summed E-state index contributed by atoms with van der Waals surface area (Å²) in [6.45, 7) is 3.95. The minimum absolute atomic E-state index is 0.0327. The van der Waals surface area contributed by atoms with E-state index in [1.807, 2.05) is 50.2 Å². The van der Waals surface area contributed by atoms with E-state index in [4.69, 9.17) is 4.74 Å². The fourth-order valence-electron chi connectivity index (χ4n) is 3.15. The van der Waals surface area contributed by atoms with Crippen molar-refractivity contribution >= 4 is 17.7 Å². The molecule has 0 aliphatic rings. The number of esters is 1. The zero-order chi connectivity index (χ0) is 22.2. The van der Waals surface area contributed by atoms with Gasteiger partial charge in [-0.3, -0.25) is 9.59 Å². The number of hydrogen-bond donors (Lipinski definition) is 0.